The first-order valence-corrected chi connectivity index (χ1v) is 18.0. The number of amides is 1. The van der Waals surface area contributed by atoms with Crippen molar-refractivity contribution in [3.63, 3.8) is 0 Å². The van der Waals surface area contributed by atoms with Crippen molar-refractivity contribution in [2.45, 2.75) is 83.7 Å². The topological polar surface area (TPSA) is 97.5 Å². The van der Waals surface area contributed by atoms with E-state index in [1.54, 1.807) is 14.1 Å². The van der Waals surface area contributed by atoms with E-state index in [4.69, 9.17) is 0 Å². The Bertz CT molecular complexity index is 1590. The van der Waals surface area contributed by atoms with Crippen LogP contribution in [0.2, 0.25) is 0 Å². The third-order valence-electron chi connectivity index (χ3n) is 10.1. The fourth-order valence-corrected chi connectivity index (χ4v) is 9.76. The number of aromatic nitrogens is 1. The lowest BCUT2D eigenvalue weighted by atomic mass is 9.78. The predicted molar refractivity (Wildman–Crippen MR) is 176 cm³/mol. The highest BCUT2D eigenvalue weighted by atomic mass is 32.2. The number of hydrogen-bond donors (Lipinski definition) is 3. The maximum Gasteiger partial charge on any atom is 0.279 e. The first kappa shape index (κ1) is 30.8. The van der Waals surface area contributed by atoms with Crippen molar-refractivity contribution >= 4 is 37.7 Å². The largest absolute Gasteiger partial charge is 0.353 e. The Balaban J connectivity index is 1.23. The number of aromatic amines is 1. The molecule has 3 aliphatic rings. The van der Waals surface area contributed by atoms with Gasteiger partial charge in [-0.25, -0.2) is 0 Å². The molecular formula is C33H47N5O3S2. The van der Waals surface area contributed by atoms with Gasteiger partial charge in [-0.05, 0) is 106 Å². The average molecular weight is 626 g/mol. The summed E-state index contributed by atoms with van der Waals surface area (Å²) in [5.41, 5.74) is 6.33. The normalized spacial score (nSPS) is 23.6. The first-order chi connectivity index (χ1) is 20.3. The monoisotopic (exact) mass is 625 g/mol. The van der Waals surface area contributed by atoms with Gasteiger partial charge in [-0.1, -0.05) is 31.0 Å². The van der Waals surface area contributed by atoms with Crippen molar-refractivity contribution < 1.29 is 13.2 Å². The van der Waals surface area contributed by atoms with Gasteiger partial charge in [0.25, 0.3) is 10.2 Å². The lowest BCUT2D eigenvalue weighted by molar-refractivity contribution is -0.124. The summed E-state index contributed by atoms with van der Waals surface area (Å²) in [7, 11) is -0.281. The van der Waals surface area contributed by atoms with Crippen molar-refractivity contribution in [3.05, 3.63) is 45.8 Å². The minimum Gasteiger partial charge on any atom is -0.353 e. The molecule has 3 aromatic rings. The summed E-state index contributed by atoms with van der Waals surface area (Å²) in [6, 6.07) is 9.52. The summed E-state index contributed by atoms with van der Waals surface area (Å²) in [4.78, 5) is 21.3. The molecule has 0 spiro atoms. The van der Waals surface area contributed by atoms with Crippen LogP contribution in [0.5, 0.6) is 0 Å². The minimum absolute atomic E-state index is 0.0124. The fourth-order valence-electron chi connectivity index (χ4n) is 7.69. The van der Waals surface area contributed by atoms with Crippen LogP contribution in [0.3, 0.4) is 0 Å². The molecule has 2 aromatic heterocycles. The predicted octanol–water partition coefficient (Wildman–Crippen LogP) is 5.11. The Hall–Kier alpha value is -2.24. The second-order valence-corrected chi connectivity index (χ2v) is 17.0. The molecule has 0 radical (unpaired) electrons. The quantitative estimate of drug-likeness (QED) is 0.292. The van der Waals surface area contributed by atoms with E-state index < -0.39 is 10.2 Å². The van der Waals surface area contributed by atoms with E-state index in [9.17, 15) is 13.2 Å². The molecule has 234 valence electrons. The molecule has 2 bridgehead atoms. The van der Waals surface area contributed by atoms with E-state index in [0.29, 0.717) is 12.0 Å². The SMILES string of the molecule is Cc1cc(C)cc(-c2[nH]c3sc(C(C)(C)CC4C5CCC4C(=O)N5)cc3c2CCN2CCC(NS(=O)(=O)N(C)C)CC2)c1. The van der Waals surface area contributed by atoms with Crippen LogP contribution in [-0.4, -0.2) is 74.3 Å². The molecule has 10 heteroatoms. The molecule has 1 aromatic carbocycles. The number of H-pyrrole nitrogens is 1. The number of benzene rings is 1. The molecule has 1 amide bonds. The number of hydrogen-bond acceptors (Lipinski definition) is 5. The number of nitrogens with one attached hydrogen (secondary N) is 3. The minimum atomic E-state index is -3.41. The zero-order chi connectivity index (χ0) is 30.7. The molecule has 3 N–H and O–H groups in total. The number of fused-ring (bicyclic) bond motifs is 3. The second kappa shape index (κ2) is 11.6. The van der Waals surface area contributed by atoms with Gasteiger partial charge in [0.15, 0.2) is 0 Å². The zero-order valence-corrected chi connectivity index (χ0v) is 28.1. The highest BCUT2D eigenvalue weighted by molar-refractivity contribution is 7.87. The molecule has 2 saturated heterocycles. The van der Waals surface area contributed by atoms with Crippen molar-refractivity contribution in [1.82, 2.24) is 24.2 Å². The van der Waals surface area contributed by atoms with Crippen LogP contribution in [0.15, 0.2) is 24.3 Å². The molecule has 1 saturated carbocycles. The summed E-state index contributed by atoms with van der Waals surface area (Å²) in [5, 5.41) is 4.55. The Morgan fingerprint density at radius 1 is 1.05 bits per heavy atom. The van der Waals surface area contributed by atoms with Gasteiger partial charge in [-0.15, -0.1) is 11.3 Å². The number of aryl methyl sites for hydroxylation is 2. The van der Waals surface area contributed by atoms with E-state index in [1.165, 1.54) is 47.3 Å². The van der Waals surface area contributed by atoms with E-state index in [-0.39, 0.29) is 23.3 Å². The lowest BCUT2D eigenvalue weighted by Crippen LogP contribution is -2.48. The number of piperidine rings is 2. The summed E-state index contributed by atoms with van der Waals surface area (Å²) in [6.07, 6.45) is 5.73. The standard InChI is InChI=1S/C33H47N5O3S2/c1-20-15-21(2)17-22(16-20)30-24(11-14-38-12-9-23(10-13-38)36-43(40,41)37(5)6)26-18-29(42-32(26)35-30)33(3,4)19-27-25-7-8-28(27)34-31(25)39/h15-18,23,25,27-28,35-36H,7-14,19H2,1-6H3,(H,34,39). The third-order valence-corrected chi connectivity index (χ3v) is 13.1. The lowest BCUT2D eigenvalue weighted by Gasteiger charge is -2.32. The first-order valence-electron chi connectivity index (χ1n) is 15.8. The van der Waals surface area contributed by atoms with Gasteiger partial charge in [0.05, 0.1) is 5.69 Å². The molecule has 3 fully saturated rings. The number of nitrogens with zero attached hydrogens (tertiary/aromatic N) is 2. The number of carbonyl (C=O) groups excluding carboxylic acids is 1. The van der Waals surface area contributed by atoms with Gasteiger partial charge in [0, 0.05) is 48.9 Å². The average Bonchev–Trinajstić information content (AvgIpc) is 3.67. The third kappa shape index (κ3) is 6.18. The van der Waals surface area contributed by atoms with Crippen LogP contribution in [0.25, 0.3) is 21.5 Å². The molecule has 4 heterocycles. The number of carbonyl (C=O) groups is 1. The molecular weight excluding hydrogens is 579 g/mol. The van der Waals surface area contributed by atoms with Crippen LogP contribution < -0.4 is 10.0 Å². The van der Waals surface area contributed by atoms with E-state index in [0.717, 1.165) is 58.2 Å². The van der Waals surface area contributed by atoms with Crippen molar-refractivity contribution in [3.8, 4) is 11.3 Å². The summed E-state index contributed by atoms with van der Waals surface area (Å²) < 4.78 is 28.7. The van der Waals surface area contributed by atoms with Crippen LogP contribution in [0.4, 0.5) is 0 Å². The van der Waals surface area contributed by atoms with Gasteiger partial charge < -0.3 is 15.2 Å². The highest BCUT2D eigenvalue weighted by Gasteiger charge is 2.49. The van der Waals surface area contributed by atoms with Gasteiger partial charge >= 0.3 is 0 Å². The molecule has 43 heavy (non-hydrogen) atoms. The molecule has 2 aliphatic heterocycles. The number of rotatable bonds is 10. The van der Waals surface area contributed by atoms with E-state index in [1.807, 2.05) is 11.3 Å². The molecule has 3 unspecified atom stereocenters. The van der Waals surface area contributed by atoms with Gasteiger partial charge in [-0.2, -0.15) is 17.4 Å². The van der Waals surface area contributed by atoms with Gasteiger partial charge in [-0.3, -0.25) is 4.79 Å². The maximum absolute atomic E-state index is 12.4. The molecule has 6 rings (SSSR count). The molecule has 8 nitrogen and oxygen atoms in total. The van der Waals surface area contributed by atoms with Crippen LogP contribution in [0, 0.1) is 25.7 Å². The number of likely N-dealkylation sites (tertiary alicyclic amines) is 1. The molecule has 3 atom stereocenters. The van der Waals surface area contributed by atoms with Gasteiger partial charge in [0.1, 0.15) is 4.83 Å². The summed E-state index contributed by atoms with van der Waals surface area (Å²) >= 11 is 1.87. The fraction of sp³-hybridized carbons (Fsp3) is 0.606. The second-order valence-electron chi connectivity index (χ2n) is 14.0. The van der Waals surface area contributed by atoms with Crippen LogP contribution in [-0.2, 0) is 26.8 Å². The number of thiophene rings is 1. The Morgan fingerprint density at radius 3 is 2.35 bits per heavy atom. The maximum atomic E-state index is 12.4. The van der Waals surface area contributed by atoms with Crippen LogP contribution >= 0.6 is 11.3 Å². The Labute approximate surface area is 260 Å². The van der Waals surface area contributed by atoms with Crippen molar-refractivity contribution in [2.24, 2.45) is 11.8 Å². The Kier molecular flexibility index (Phi) is 8.30. The van der Waals surface area contributed by atoms with E-state index in [2.05, 4.69) is 71.9 Å². The summed E-state index contributed by atoms with van der Waals surface area (Å²) in [5.74, 6) is 0.872. The van der Waals surface area contributed by atoms with Crippen LogP contribution in [0.1, 0.15) is 67.5 Å². The smallest absolute Gasteiger partial charge is 0.279 e. The van der Waals surface area contributed by atoms with Crippen molar-refractivity contribution in [1.29, 1.82) is 0 Å². The Morgan fingerprint density at radius 2 is 1.74 bits per heavy atom. The van der Waals surface area contributed by atoms with Crippen molar-refractivity contribution in [2.75, 3.05) is 33.7 Å². The van der Waals surface area contributed by atoms with Gasteiger partial charge in [0.2, 0.25) is 5.91 Å². The molecule has 1 aliphatic carbocycles. The zero-order valence-electron chi connectivity index (χ0n) is 26.4. The highest BCUT2D eigenvalue weighted by Crippen LogP contribution is 2.47. The van der Waals surface area contributed by atoms with E-state index >= 15 is 0 Å². The summed E-state index contributed by atoms with van der Waals surface area (Å²) in [6.45, 7) is 11.7.